The molecule has 3 rings (SSSR count). The molecule has 0 amide bonds. The zero-order chi connectivity index (χ0) is 16.9. The zero-order valence-electron chi connectivity index (χ0n) is 13.1. The van der Waals surface area contributed by atoms with Gasteiger partial charge in [0.1, 0.15) is 0 Å². The molecule has 24 heavy (non-hydrogen) atoms. The van der Waals surface area contributed by atoms with Gasteiger partial charge in [-0.15, -0.1) is 0 Å². The van der Waals surface area contributed by atoms with Crippen molar-refractivity contribution in [3.05, 3.63) is 68.7 Å². The van der Waals surface area contributed by atoms with Crippen molar-refractivity contribution in [1.82, 2.24) is 9.91 Å². The van der Waals surface area contributed by atoms with Gasteiger partial charge in [-0.1, -0.05) is 59.1 Å². The Morgan fingerprint density at radius 3 is 2.12 bits per heavy atom. The van der Waals surface area contributed by atoms with E-state index in [4.69, 9.17) is 34.8 Å². The van der Waals surface area contributed by atoms with Gasteiger partial charge in [-0.3, -0.25) is 9.91 Å². The highest BCUT2D eigenvalue weighted by atomic mass is 35.5. The molecule has 0 aromatic heterocycles. The second-order valence-electron chi connectivity index (χ2n) is 5.70. The summed E-state index contributed by atoms with van der Waals surface area (Å²) in [6, 6.07) is 13.5. The van der Waals surface area contributed by atoms with E-state index in [2.05, 4.69) is 16.1 Å². The summed E-state index contributed by atoms with van der Waals surface area (Å²) in [6.45, 7) is 4.48. The minimum absolute atomic E-state index is 0.614. The van der Waals surface area contributed by atoms with Crippen molar-refractivity contribution in [3.63, 3.8) is 0 Å². The van der Waals surface area contributed by atoms with Gasteiger partial charge in [0.05, 0.1) is 16.3 Å². The van der Waals surface area contributed by atoms with Crippen LogP contribution in [0.25, 0.3) is 0 Å². The number of hydrogen-bond acceptors (Lipinski definition) is 3. The Morgan fingerprint density at radius 1 is 0.833 bits per heavy atom. The summed E-state index contributed by atoms with van der Waals surface area (Å²) in [4.78, 5) is 2.38. The molecule has 3 nitrogen and oxygen atoms in total. The van der Waals surface area contributed by atoms with Crippen molar-refractivity contribution in [2.75, 3.05) is 26.2 Å². The third kappa shape index (κ3) is 4.42. The Kier molecular flexibility index (Phi) is 6.01. The lowest BCUT2D eigenvalue weighted by Crippen LogP contribution is -2.43. The molecule has 0 N–H and O–H groups in total. The smallest absolute Gasteiger partial charge is 0.0572 e. The van der Waals surface area contributed by atoms with Crippen LogP contribution in [0.2, 0.25) is 15.1 Å². The molecule has 1 aliphatic heterocycles. The average Bonchev–Trinajstić information content (AvgIpc) is 2.58. The van der Waals surface area contributed by atoms with Crippen molar-refractivity contribution >= 4 is 41.0 Å². The summed E-state index contributed by atoms with van der Waals surface area (Å²) >= 11 is 18.6. The predicted molar refractivity (Wildman–Crippen MR) is 102 cm³/mol. The number of rotatable bonds is 4. The molecule has 0 atom stereocenters. The Hall–Kier alpha value is -1.26. The lowest BCUT2D eigenvalue weighted by molar-refractivity contribution is 0.131. The summed E-state index contributed by atoms with van der Waals surface area (Å²) in [5, 5.41) is 8.62. The van der Waals surface area contributed by atoms with Crippen LogP contribution in [0.3, 0.4) is 0 Å². The molecular formula is C18H18Cl3N3. The number of hydrazone groups is 1. The molecule has 1 heterocycles. The number of hydrogen-bond donors (Lipinski definition) is 0. The van der Waals surface area contributed by atoms with Crippen molar-refractivity contribution in [2.24, 2.45) is 5.10 Å². The normalized spacial score (nSPS) is 16.0. The van der Waals surface area contributed by atoms with Crippen molar-refractivity contribution < 1.29 is 0 Å². The van der Waals surface area contributed by atoms with Gasteiger partial charge in [-0.2, -0.15) is 5.10 Å². The van der Waals surface area contributed by atoms with Gasteiger partial charge in [0, 0.05) is 43.3 Å². The monoisotopic (exact) mass is 381 g/mol. The van der Waals surface area contributed by atoms with Crippen LogP contribution in [0.5, 0.6) is 0 Å². The number of benzene rings is 2. The van der Waals surface area contributed by atoms with E-state index in [0.29, 0.717) is 10.0 Å². The molecular weight excluding hydrogens is 365 g/mol. The lowest BCUT2D eigenvalue weighted by Gasteiger charge is -2.33. The van der Waals surface area contributed by atoms with Crippen molar-refractivity contribution in [2.45, 2.75) is 6.54 Å². The van der Waals surface area contributed by atoms with Crippen LogP contribution in [0.1, 0.15) is 11.1 Å². The molecule has 0 spiro atoms. The summed E-state index contributed by atoms with van der Waals surface area (Å²) in [7, 11) is 0. The van der Waals surface area contributed by atoms with Crippen molar-refractivity contribution in [3.8, 4) is 0 Å². The maximum atomic E-state index is 6.23. The van der Waals surface area contributed by atoms with Crippen LogP contribution in [0.4, 0.5) is 0 Å². The van der Waals surface area contributed by atoms with E-state index >= 15 is 0 Å². The van der Waals surface area contributed by atoms with E-state index in [0.717, 1.165) is 43.3 Å². The highest BCUT2D eigenvalue weighted by Crippen LogP contribution is 2.22. The van der Waals surface area contributed by atoms with Gasteiger partial charge in [0.25, 0.3) is 0 Å². The predicted octanol–water partition coefficient (Wildman–Crippen LogP) is 4.80. The third-order valence-corrected chi connectivity index (χ3v) is 5.08. The van der Waals surface area contributed by atoms with Crippen LogP contribution < -0.4 is 0 Å². The summed E-state index contributed by atoms with van der Waals surface area (Å²) < 4.78 is 0. The van der Waals surface area contributed by atoms with Crippen LogP contribution in [-0.2, 0) is 6.54 Å². The van der Waals surface area contributed by atoms with Gasteiger partial charge in [-0.25, -0.2) is 0 Å². The summed E-state index contributed by atoms with van der Waals surface area (Å²) in [5.41, 5.74) is 1.93. The Bertz CT molecular complexity index is 705. The molecule has 0 saturated carbocycles. The second-order valence-corrected chi connectivity index (χ2v) is 6.92. The largest absolute Gasteiger partial charge is 0.295 e. The minimum atomic E-state index is 0.614. The summed E-state index contributed by atoms with van der Waals surface area (Å²) in [6.07, 6.45) is 1.74. The van der Waals surface area contributed by atoms with E-state index in [-0.39, 0.29) is 0 Å². The lowest BCUT2D eigenvalue weighted by atomic mass is 10.2. The maximum Gasteiger partial charge on any atom is 0.0572 e. The second kappa shape index (κ2) is 8.21. The van der Waals surface area contributed by atoms with E-state index in [1.54, 1.807) is 6.21 Å². The Morgan fingerprint density at radius 2 is 1.46 bits per heavy atom. The fourth-order valence-corrected chi connectivity index (χ4v) is 3.34. The van der Waals surface area contributed by atoms with Gasteiger partial charge in [0.2, 0.25) is 0 Å². The first-order valence-corrected chi connectivity index (χ1v) is 8.95. The molecule has 6 heteroatoms. The quantitative estimate of drug-likeness (QED) is 0.707. The summed E-state index contributed by atoms with van der Waals surface area (Å²) in [5.74, 6) is 0. The fraction of sp³-hybridized carbons (Fsp3) is 0.278. The molecule has 0 bridgehead atoms. The molecule has 2 aromatic rings. The molecule has 1 fully saturated rings. The third-order valence-electron chi connectivity index (χ3n) is 4.05. The highest BCUT2D eigenvalue weighted by Gasteiger charge is 2.16. The Labute approximate surface area is 157 Å². The van der Waals surface area contributed by atoms with E-state index < -0.39 is 0 Å². The highest BCUT2D eigenvalue weighted by molar-refractivity contribution is 6.38. The van der Waals surface area contributed by atoms with Gasteiger partial charge in [-0.05, 0) is 23.8 Å². The first kappa shape index (κ1) is 17.6. The van der Waals surface area contributed by atoms with Crippen LogP contribution in [0, 0.1) is 0 Å². The number of halogens is 3. The van der Waals surface area contributed by atoms with Crippen LogP contribution in [-0.4, -0.2) is 42.3 Å². The zero-order valence-corrected chi connectivity index (χ0v) is 15.4. The fourth-order valence-electron chi connectivity index (χ4n) is 2.65. The van der Waals surface area contributed by atoms with E-state index in [1.165, 1.54) is 5.56 Å². The first-order valence-electron chi connectivity index (χ1n) is 7.82. The number of piperazine rings is 1. The first-order chi connectivity index (χ1) is 11.6. The number of nitrogens with zero attached hydrogens (tertiary/aromatic N) is 3. The molecule has 126 valence electrons. The standard InChI is InChI=1S/C18H18Cl3N3/c19-16-5-2-1-4-14(16)13-23-8-10-24(11-9-23)22-12-15-17(20)6-3-7-18(15)21/h1-7,12H,8-11,13H2. The van der Waals surface area contributed by atoms with Crippen LogP contribution >= 0.6 is 34.8 Å². The average molecular weight is 383 g/mol. The molecule has 0 aliphatic carbocycles. The molecule has 1 aliphatic rings. The van der Waals surface area contributed by atoms with Gasteiger partial charge in [0.15, 0.2) is 0 Å². The van der Waals surface area contributed by atoms with E-state index in [1.807, 2.05) is 41.4 Å². The minimum Gasteiger partial charge on any atom is -0.295 e. The van der Waals surface area contributed by atoms with E-state index in [9.17, 15) is 0 Å². The van der Waals surface area contributed by atoms with Crippen LogP contribution in [0.15, 0.2) is 47.6 Å². The molecule has 0 unspecified atom stereocenters. The van der Waals surface area contributed by atoms with Crippen molar-refractivity contribution in [1.29, 1.82) is 0 Å². The molecule has 1 saturated heterocycles. The molecule has 0 radical (unpaired) electrons. The Balaban J connectivity index is 1.56. The van der Waals surface area contributed by atoms with Gasteiger partial charge >= 0.3 is 0 Å². The SMILES string of the molecule is Clc1ccccc1CN1CCN(N=Cc2c(Cl)cccc2Cl)CC1. The van der Waals surface area contributed by atoms with Gasteiger partial charge < -0.3 is 0 Å². The maximum absolute atomic E-state index is 6.23. The molecule has 2 aromatic carbocycles. The topological polar surface area (TPSA) is 18.8 Å².